The minimum atomic E-state index is -0.821. The number of carbonyl (C=O) groups is 1. The molecule has 4 aromatic rings. The zero-order valence-corrected chi connectivity index (χ0v) is 20.9. The minimum Gasteiger partial charge on any atom is -0.345 e. The third-order valence-electron chi connectivity index (χ3n) is 6.75. The number of aromatic nitrogens is 2. The largest absolute Gasteiger partial charge is 0.345 e. The van der Waals surface area contributed by atoms with Crippen LogP contribution in [0, 0.1) is 16.7 Å². The molecular formula is C27H26N6OS. The van der Waals surface area contributed by atoms with Gasteiger partial charge in [-0.15, -0.1) is 11.3 Å². The summed E-state index contributed by atoms with van der Waals surface area (Å²) in [5.74, 6) is -0.595. The number of nitrogens with one attached hydrogen (secondary N) is 2. The molecule has 2 aromatic heterocycles. The summed E-state index contributed by atoms with van der Waals surface area (Å²) >= 11 is 1.55. The van der Waals surface area contributed by atoms with Crippen molar-refractivity contribution in [3.63, 3.8) is 0 Å². The molecule has 3 heterocycles. The summed E-state index contributed by atoms with van der Waals surface area (Å²) in [6.45, 7) is 6.17. The van der Waals surface area contributed by atoms with Gasteiger partial charge < -0.3 is 5.32 Å². The maximum atomic E-state index is 13.6. The van der Waals surface area contributed by atoms with Crippen LogP contribution < -0.4 is 5.32 Å². The van der Waals surface area contributed by atoms with E-state index in [0.29, 0.717) is 5.56 Å². The van der Waals surface area contributed by atoms with Gasteiger partial charge in [-0.3, -0.25) is 19.8 Å². The van der Waals surface area contributed by atoms with E-state index in [4.69, 9.17) is 5.41 Å². The Kier molecular flexibility index (Phi) is 5.45. The van der Waals surface area contributed by atoms with E-state index in [2.05, 4.69) is 36.4 Å². The molecule has 5 rings (SSSR count). The summed E-state index contributed by atoms with van der Waals surface area (Å²) in [4.78, 5) is 16.0. The molecule has 0 radical (unpaired) electrons. The monoisotopic (exact) mass is 482 g/mol. The normalized spacial score (nSPS) is 20.3. The number of likely N-dealkylation sites (N-methyl/N-ethyl adjacent to an activating group) is 1. The Balaban J connectivity index is 1.61. The summed E-state index contributed by atoms with van der Waals surface area (Å²) < 4.78 is 1.97. The predicted octanol–water partition coefficient (Wildman–Crippen LogP) is 5.21. The number of guanidine groups is 1. The van der Waals surface area contributed by atoms with Gasteiger partial charge >= 0.3 is 0 Å². The van der Waals surface area contributed by atoms with Crippen LogP contribution in [0.4, 0.5) is 0 Å². The zero-order chi connectivity index (χ0) is 24.9. The standard InChI is InChI=1S/C27H26N6OS/c1-16(2)33-22-9-8-19(11-20(22)14-30-33)24-25(34)32(4)26(29)31-27(24,3)23-12-21(15-35-23)18-7-5-6-17(10-18)13-28/h5-12,14-16,24H,1-4H3,(H2,29,31)/t24-,27+/m0/s1. The highest BCUT2D eigenvalue weighted by atomic mass is 32.1. The number of hydrogen-bond donors (Lipinski definition) is 2. The van der Waals surface area contributed by atoms with Crippen molar-refractivity contribution >= 4 is 34.1 Å². The van der Waals surface area contributed by atoms with E-state index < -0.39 is 11.5 Å². The van der Waals surface area contributed by atoms with Crippen molar-refractivity contribution in [3.05, 3.63) is 76.1 Å². The van der Waals surface area contributed by atoms with Crippen molar-refractivity contribution < 1.29 is 4.79 Å². The summed E-state index contributed by atoms with van der Waals surface area (Å²) in [6.07, 6.45) is 1.84. The highest BCUT2D eigenvalue weighted by molar-refractivity contribution is 7.10. The number of nitrogens with zero attached hydrogens (tertiary/aromatic N) is 4. The second-order valence-electron chi connectivity index (χ2n) is 9.40. The Labute approximate surface area is 208 Å². The third-order valence-corrected chi connectivity index (χ3v) is 7.91. The Bertz CT molecular complexity index is 1510. The molecular weight excluding hydrogens is 456 g/mol. The molecule has 35 heavy (non-hydrogen) atoms. The predicted molar refractivity (Wildman–Crippen MR) is 138 cm³/mol. The number of nitriles is 1. The van der Waals surface area contributed by atoms with Crippen molar-refractivity contribution in [1.82, 2.24) is 20.0 Å². The van der Waals surface area contributed by atoms with Gasteiger partial charge in [-0.05, 0) is 73.2 Å². The lowest BCUT2D eigenvalue weighted by molar-refractivity contribution is -0.131. The van der Waals surface area contributed by atoms with Gasteiger partial charge in [0.1, 0.15) is 0 Å². The molecule has 2 N–H and O–H groups in total. The molecule has 1 amide bonds. The molecule has 1 saturated heterocycles. The number of hydrogen-bond acceptors (Lipinski definition) is 5. The van der Waals surface area contributed by atoms with Crippen LogP contribution in [0.25, 0.3) is 22.0 Å². The van der Waals surface area contributed by atoms with Gasteiger partial charge in [0, 0.05) is 23.4 Å². The van der Waals surface area contributed by atoms with Gasteiger partial charge in [0.15, 0.2) is 5.96 Å². The molecule has 2 atom stereocenters. The molecule has 8 heteroatoms. The molecule has 0 spiro atoms. The van der Waals surface area contributed by atoms with Gasteiger partial charge in [-0.25, -0.2) is 0 Å². The maximum absolute atomic E-state index is 13.6. The molecule has 1 aliphatic rings. The topological polar surface area (TPSA) is 97.8 Å². The van der Waals surface area contributed by atoms with Gasteiger partial charge in [0.05, 0.1) is 34.8 Å². The van der Waals surface area contributed by atoms with Crippen molar-refractivity contribution in [1.29, 1.82) is 10.7 Å². The van der Waals surface area contributed by atoms with E-state index in [1.807, 2.05) is 59.6 Å². The molecule has 0 bridgehead atoms. The fraction of sp³-hybridized carbons (Fsp3) is 0.259. The lowest BCUT2D eigenvalue weighted by Gasteiger charge is -2.45. The Morgan fingerprint density at radius 3 is 2.74 bits per heavy atom. The van der Waals surface area contributed by atoms with Gasteiger partial charge in [-0.1, -0.05) is 18.2 Å². The fourth-order valence-electron chi connectivity index (χ4n) is 4.82. The average Bonchev–Trinajstić information content (AvgIpc) is 3.51. The molecule has 176 valence electrons. The Morgan fingerprint density at radius 1 is 1.20 bits per heavy atom. The van der Waals surface area contributed by atoms with E-state index in [0.717, 1.165) is 32.5 Å². The molecule has 0 saturated carbocycles. The summed E-state index contributed by atoms with van der Waals surface area (Å²) in [6, 6.07) is 18.0. The Morgan fingerprint density at radius 2 is 2.00 bits per heavy atom. The first-order valence-corrected chi connectivity index (χ1v) is 12.3. The third kappa shape index (κ3) is 3.69. The number of fused-ring (bicyclic) bond motifs is 1. The number of carbonyl (C=O) groups excluding carboxylic acids is 1. The smallest absolute Gasteiger partial charge is 0.239 e. The SMILES string of the molecule is CC(C)n1ncc2cc([C@H]3C(=O)N(C)C(=N)N[C@]3(C)c3cc(-c4cccc(C#N)c4)cs3)ccc21. The van der Waals surface area contributed by atoms with E-state index in [1.54, 1.807) is 24.5 Å². The zero-order valence-electron chi connectivity index (χ0n) is 20.0. The van der Waals surface area contributed by atoms with E-state index in [1.165, 1.54) is 4.90 Å². The first-order valence-electron chi connectivity index (χ1n) is 11.4. The van der Waals surface area contributed by atoms with Crippen molar-refractivity contribution in [2.75, 3.05) is 7.05 Å². The van der Waals surface area contributed by atoms with Crippen LogP contribution in [0.5, 0.6) is 0 Å². The average molecular weight is 483 g/mol. The highest BCUT2D eigenvalue weighted by Crippen LogP contribution is 2.44. The van der Waals surface area contributed by atoms with Gasteiger partial charge in [0.25, 0.3) is 0 Å². The molecule has 0 aliphatic carbocycles. The number of amides is 1. The Hall–Kier alpha value is -3.96. The minimum absolute atomic E-state index is 0.0730. The van der Waals surface area contributed by atoms with Crippen LogP contribution in [0.1, 0.15) is 48.7 Å². The second kappa shape index (κ2) is 8.36. The van der Waals surface area contributed by atoms with Crippen molar-refractivity contribution in [2.45, 2.75) is 38.3 Å². The quantitative estimate of drug-likeness (QED) is 0.417. The maximum Gasteiger partial charge on any atom is 0.239 e. The molecule has 2 aromatic carbocycles. The molecule has 1 aliphatic heterocycles. The van der Waals surface area contributed by atoms with Crippen LogP contribution in [0.15, 0.2) is 60.1 Å². The van der Waals surface area contributed by atoms with Crippen LogP contribution in [0.2, 0.25) is 0 Å². The van der Waals surface area contributed by atoms with Crippen LogP contribution >= 0.6 is 11.3 Å². The van der Waals surface area contributed by atoms with Gasteiger partial charge in [0.2, 0.25) is 5.91 Å². The molecule has 1 fully saturated rings. The number of rotatable bonds is 4. The highest BCUT2D eigenvalue weighted by Gasteiger charge is 2.49. The molecule has 7 nitrogen and oxygen atoms in total. The van der Waals surface area contributed by atoms with Crippen molar-refractivity contribution in [2.24, 2.45) is 0 Å². The van der Waals surface area contributed by atoms with Crippen molar-refractivity contribution in [3.8, 4) is 17.2 Å². The van der Waals surface area contributed by atoms with Crippen LogP contribution in [-0.2, 0) is 10.3 Å². The summed E-state index contributed by atoms with van der Waals surface area (Å²) in [7, 11) is 1.63. The fourth-order valence-corrected chi connectivity index (χ4v) is 5.89. The second-order valence-corrected chi connectivity index (χ2v) is 10.3. The number of benzene rings is 2. The molecule has 0 unspecified atom stereocenters. The van der Waals surface area contributed by atoms with E-state index in [-0.39, 0.29) is 17.9 Å². The first kappa shape index (κ1) is 22.8. The van der Waals surface area contributed by atoms with Crippen LogP contribution in [-0.4, -0.2) is 33.6 Å². The lowest BCUT2D eigenvalue weighted by Crippen LogP contribution is -2.62. The van der Waals surface area contributed by atoms with E-state index in [9.17, 15) is 10.1 Å². The number of thiophene rings is 1. The van der Waals surface area contributed by atoms with Crippen LogP contribution in [0.3, 0.4) is 0 Å². The summed E-state index contributed by atoms with van der Waals surface area (Å²) in [5, 5.41) is 28.6. The van der Waals surface area contributed by atoms with E-state index >= 15 is 0 Å². The lowest BCUT2D eigenvalue weighted by atomic mass is 9.76. The van der Waals surface area contributed by atoms with Gasteiger partial charge in [-0.2, -0.15) is 10.4 Å². The summed E-state index contributed by atoms with van der Waals surface area (Å²) in [5.41, 5.74) is 3.61. The first-order chi connectivity index (χ1) is 16.7.